The highest BCUT2D eigenvalue weighted by molar-refractivity contribution is 5.98. The Morgan fingerprint density at radius 3 is 2.40 bits per heavy atom. The van der Waals surface area contributed by atoms with Gasteiger partial charge in [0.2, 0.25) is 35.4 Å². The Hall–Kier alpha value is -4.95. The standard InChI is InChI=1S/C37H52N6O9/c1-6-7-8-9-17-31(44)39-27(21-25-13-10-14-26(20-25)51-5)33(46)40-28-22-52-37(50)30-16-12-19-43(30)34(47)23(2)38-32(45)24(3)41(4)36(49)29-15-11-18-42(29)35(28)48/h9-10,13-14,17,20,23-24,27-30H,6-8,11-12,15-16,18-19,21-22H2,1-5H3,(H,38,45)(H,39,44)(H,40,46)/b17-9+/t23-,24-,27-,28-,29-,30-/m0/s1. The molecule has 3 N–H and O–H groups in total. The number of carbonyl (C=O) groups excluding carboxylic acids is 7. The number of unbranched alkanes of at least 4 members (excludes halogenated alkanes) is 2. The number of allylic oxidation sites excluding steroid dienone is 1. The SMILES string of the molecule is CCCC/C=C/C(=O)N[C@@H](Cc1cccc(OC)c1)C(=O)N[C@H]1COC(=O)[C@@H]2CCCN2C(=O)[C@H](C)NC(=O)[C@H](C)N(C)C(=O)[C@@H]2CCCN2C1=O. The van der Waals surface area contributed by atoms with Crippen molar-refractivity contribution in [3.05, 3.63) is 42.0 Å². The molecule has 0 spiro atoms. The van der Waals surface area contributed by atoms with E-state index in [4.69, 9.17) is 9.47 Å². The fraction of sp³-hybridized carbons (Fsp3) is 0.595. The van der Waals surface area contributed by atoms with Crippen LogP contribution in [0.2, 0.25) is 0 Å². The molecule has 15 heteroatoms. The number of ether oxygens (including phenoxy) is 2. The van der Waals surface area contributed by atoms with E-state index in [1.165, 1.54) is 48.8 Å². The van der Waals surface area contributed by atoms with E-state index in [9.17, 15) is 33.6 Å². The van der Waals surface area contributed by atoms with Crippen molar-refractivity contribution in [2.45, 2.75) is 108 Å². The first-order chi connectivity index (χ1) is 24.9. The largest absolute Gasteiger partial charge is 0.497 e. The van der Waals surface area contributed by atoms with Crippen molar-refractivity contribution in [2.24, 2.45) is 0 Å². The molecule has 1 aromatic carbocycles. The van der Waals surface area contributed by atoms with Crippen molar-refractivity contribution in [2.75, 3.05) is 33.9 Å². The smallest absolute Gasteiger partial charge is 0.328 e. The topological polar surface area (TPSA) is 184 Å². The van der Waals surface area contributed by atoms with Gasteiger partial charge in [-0.2, -0.15) is 0 Å². The summed E-state index contributed by atoms with van der Waals surface area (Å²) < 4.78 is 11.0. The highest BCUT2D eigenvalue weighted by Gasteiger charge is 2.43. The zero-order valence-corrected chi connectivity index (χ0v) is 30.7. The number of nitrogens with zero attached hydrogens (tertiary/aromatic N) is 3. The van der Waals surface area contributed by atoms with Crippen LogP contribution in [0, 0.1) is 0 Å². The van der Waals surface area contributed by atoms with Gasteiger partial charge in [-0.15, -0.1) is 0 Å². The normalized spacial score (nSPS) is 25.4. The van der Waals surface area contributed by atoms with Gasteiger partial charge in [0.25, 0.3) is 0 Å². The molecule has 3 fully saturated rings. The number of hydrogen-bond donors (Lipinski definition) is 3. The first kappa shape index (κ1) is 39.8. The molecule has 3 saturated heterocycles. The summed E-state index contributed by atoms with van der Waals surface area (Å²) in [5, 5.41) is 8.10. The van der Waals surface area contributed by atoms with Gasteiger partial charge in [0.05, 0.1) is 7.11 Å². The van der Waals surface area contributed by atoms with E-state index in [1.807, 2.05) is 6.92 Å². The highest BCUT2D eigenvalue weighted by atomic mass is 16.5. The second kappa shape index (κ2) is 18.5. The number of carbonyl (C=O) groups is 7. The van der Waals surface area contributed by atoms with Crippen molar-refractivity contribution in [1.29, 1.82) is 0 Å². The predicted octanol–water partition coefficient (Wildman–Crippen LogP) is 0.844. The lowest BCUT2D eigenvalue weighted by molar-refractivity contribution is -0.158. The molecule has 0 unspecified atom stereocenters. The molecule has 3 aliphatic heterocycles. The fourth-order valence-corrected chi connectivity index (χ4v) is 6.69. The van der Waals surface area contributed by atoms with Crippen LogP contribution in [0.1, 0.15) is 71.3 Å². The first-order valence-electron chi connectivity index (χ1n) is 18.1. The van der Waals surface area contributed by atoms with Crippen LogP contribution in [0.25, 0.3) is 0 Å². The lowest BCUT2D eigenvalue weighted by Gasteiger charge is -2.34. The van der Waals surface area contributed by atoms with E-state index in [0.29, 0.717) is 43.4 Å². The summed E-state index contributed by atoms with van der Waals surface area (Å²) in [5.74, 6) is -3.61. The average molecular weight is 725 g/mol. The molecular weight excluding hydrogens is 672 g/mol. The van der Waals surface area contributed by atoms with Crippen LogP contribution >= 0.6 is 0 Å². The van der Waals surface area contributed by atoms with E-state index < -0.39 is 84.3 Å². The minimum Gasteiger partial charge on any atom is -0.497 e. The molecule has 1 aromatic rings. The summed E-state index contributed by atoms with van der Waals surface area (Å²) in [4.78, 5) is 99.0. The Morgan fingerprint density at radius 1 is 1.02 bits per heavy atom. The number of esters is 1. The van der Waals surface area contributed by atoms with Crippen LogP contribution in [0.15, 0.2) is 36.4 Å². The summed E-state index contributed by atoms with van der Waals surface area (Å²) >= 11 is 0. The number of benzene rings is 1. The third-order valence-electron chi connectivity index (χ3n) is 9.87. The summed E-state index contributed by atoms with van der Waals surface area (Å²) in [6.45, 7) is 4.97. The summed E-state index contributed by atoms with van der Waals surface area (Å²) in [6.07, 6.45) is 7.32. The Morgan fingerprint density at radius 2 is 1.71 bits per heavy atom. The molecule has 6 atom stereocenters. The van der Waals surface area contributed by atoms with Gasteiger partial charge < -0.3 is 40.1 Å². The Bertz CT molecular complexity index is 1530. The molecule has 52 heavy (non-hydrogen) atoms. The molecule has 4 rings (SSSR count). The number of hydrogen-bond acceptors (Lipinski definition) is 9. The number of amides is 6. The minimum atomic E-state index is -1.43. The second-order valence-electron chi connectivity index (χ2n) is 13.6. The quantitative estimate of drug-likeness (QED) is 0.179. The van der Waals surface area contributed by atoms with Gasteiger partial charge in [0.15, 0.2) is 0 Å². The molecular formula is C37H52N6O9. The molecule has 284 valence electrons. The van der Waals surface area contributed by atoms with E-state index in [0.717, 1.165) is 12.8 Å². The summed E-state index contributed by atoms with van der Waals surface area (Å²) in [7, 11) is 2.98. The van der Waals surface area contributed by atoms with Crippen LogP contribution in [0.3, 0.4) is 0 Å². The van der Waals surface area contributed by atoms with Gasteiger partial charge in [-0.1, -0.05) is 38.0 Å². The van der Waals surface area contributed by atoms with Gasteiger partial charge >= 0.3 is 5.97 Å². The molecule has 0 saturated carbocycles. The highest BCUT2D eigenvalue weighted by Crippen LogP contribution is 2.24. The zero-order valence-electron chi connectivity index (χ0n) is 30.7. The van der Waals surface area contributed by atoms with Gasteiger partial charge in [-0.25, -0.2) is 4.79 Å². The monoisotopic (exact) mass is 724 g/mol. The fourth-order valence-electron chi connectivity index (χ4n) is 6.69. The second-order valence-corrected chi connectivity index (χ2v) is 13.6. The lowest BCUT2D eigenvalue weighted by Crippen LogP contribution is -2.60. The number of fused-ring (bicyclic) bond motifs is 2. The van der Waals surface area contributed by atoms with Crippen molar-refractivity contribution < 1.29 is 43.0 Å². The zero-order chi connectivity index (χ0) is 37.9. The molecule has 0 aromatic heterocycles. The van der Waals surface area contributed by atoms with Crippen molar-refractivity contribution >= 4 is 41.4 Å². The minimum absolute atomic E-state index is 0.0468. The third kappa shape index (κ3) is 9.88. The van der Waals surface area contributed by atoms with Gasteiger partial charge in [0.1, 0.15) is 48.6 Å². The summed E-state index contributed by atoms with van der Waals surface area (Å²) in [5.41, 5.74) is 0.678. The molecule has 0 radical (unpaired) electrons. The number of rotatable bonds is 10. The Balaban J connectivity index is 1.65. The first-order valence-corrected chi connectivity index (χ1v) is 18.1. The van der Waals surface area contributed by atoms with Gasteiger partial charge in [0, 0.05) is 26.6 Å². The van der Waals surface area contributed by atoms with Crippen molar-refractivity contribution in [3.63, 3.8) is 0 Å². The molecule has 0 bridgehead atoms. The molecule has 3 aliphatic rings. The number of methoxy groups -OCH3 is 1. The Kier molecular flexibility index (Phi) is 14.2. The van der Waals surface area contributed by atoms with E-state index >= 15 is 0 Å². The van der Waals surface area contributed by atoms with Crippen LogP contribution in [-0.2, 0) is 44.7 Å². The number of cyclic esters (lactones) is 1. The molecule has 3 heterocycles. The van der Waals surface area contributed by atoms with Crippen LogP contribution in [0.4, 0.5) is 0 Å². The Labute approximate surface area is 304 Å². The molecule has 0 aliphatic carbocycles. The lowest BCUT2D eigenvalue weighted by atomic mass is 10.0. The predicted molar refractivity (Wildman–Crippen MR) is 189 cm³/mol. The van der Waals surface area contributed by atoms with E-state index in [-0.39, 0.29) is 19.5 Å². The van der Waals surface area contributed by atoms with Crippen molar-refractivity contribution in [1.82, 2.24) is 30.7 Å². The van der Waals surface area contributed by atoms with Crippen LogP contribution in [-0.4, -0.2) is 126 Å². The van der Waals surface area contributed by atoms with E-state index in [2.05, 4.69) is 16.0 Å². The summed E-state index contributed by atoms with van der Waals surface area (Å²) in [6, 6.07) is 0.586. The number of nitrogens with one attached hydrogen (secondary N) is 3. The third-order valence-corrected chi connectivity index (χ3v) is 9.87. The number of likely N-dealkylation sites (N-methyl/N-ethyl adjacent to an activating group) is 1. The van der Waals surface area contributed by atoms with Crippen molar-refractivity contribution in [3.8, 4) is 5.75 Å². The van der Waals surface area contributed by atoms with Gasteiger partial charge in [-0.3, -0.25) is 28.8 Å². The maximum Gasteiger partial charge on any atom is 0.328 e. The van der Waals surface area contributed by atoms with Crippen LogP contribution < -0.4 is 20.7 Å². The van der Waals surface area contributed by atoms with Crippen LogP contribution in [0.5, 0.6) is 5.75 Å². The van der Waals surface area contributed by atoms with E-state index in [1.54, 1.807) is 30.3 Å². The average Bonchev–Trinajstić information content (AvgIpc) is 3.84. The van der Waals surface area contributed by atoms with Gasteiger partial charge in [-0.05, 0) is 69.7 Å². The maximum atomic E-state index is 14.3. The molecule has 15 nitrogen and oxygen atoms in total. The molecule has 6 amide bonds. The maximum absolute atomic E-state index is 14.3.